The van der Waals surface area contributed by atoms with Gasteiger partial charge in [-0.1, -0.05) is 6.07 Å². The lowest BCUT2D eigenvalue weighted by atomic mass is 10.2. The van der Waals surface area contributed by atoms with Crippen LogP contribution in [0.25, 0.3) is 10.4 Å². The van der Waals surface area contributed by atoms with Crippen molar-refractivity contribution < 1.29 is 4.79 Å². The largest absolute Gasteiger partial charge is 0.370 e. The van der Waals surface area contributed by atoms with E-state index < -0.39 is 0 Å². The minimum Gasteiger partial charge on any atom is -0.370 e. The minimum atomic E-state index is -0.0840. The number of pyridine rings is 1. The highest BCUT2D eigenvalue weighted by molar-refractivity contribution is 7.17. The summed E-state index contributed by atoms with van der Waals surface area (Å²) >= 11 is 1.47. The molecule has 5 nitrogen and oxygen atoms in total. The van der Waals surface area contributed by atoms with Gasteiger partial charge in [0.1, 0.15) is 0 Å². The van der Waals surface area contributed by atoms with Crippen molar-refractivity contribution in [1.29, 1.82) is 0 Å². The van der Waals surface area contributed by atoms with Gasteiger partial charge in [0.15, 0.2) is 0 Å². The highest BCUT2D eigenvalue weighted by atomic mass is 32.1. The van der Waals surface area contributed by atoms with Crippen LogP contribution in [0.1, 0.15) is 16.1 Å². The number of benzene rings is 1. The van der Waals surface area contributed by atoms with Crippen LogP contribution in [0, 0.1) is 0 Å². The maximum Gasteiger partial charge on any atom is 0.265 e. The molecule has 1 saturated heterocycles. The number of rotatable bonds is 5. The van der Waals surface area contributed by atoms with Gasteiger partial charge in [-0.05, 0) is 55.9 Å². The summed E-state index contributed by atoms with van der Waals surface area (Å²) < 4.78 is 0. The zero-order valence-corrected chi connectivity index (χ0v) is 16.0. The summed E-state index contributed by atoms with van der Waals surface area (Å²) in [6.07, 6.45) is 4.71. The maximum absolute atomic E-state index is 12.5. The van der Waals surface area contributed by atoms with Crippen LogP contribution in [-0.2, 0) is 0 Å². The lowest BCUT2D eigenvalue weighted by Gasteiger charge is -2.19. The van der Waals surface area contributed by atoms with Crippen LogP contribution in [0.2, 0.25) is 0 Å². The first-order valence-electron chi connectivity index (χ1n) is 9.07. The Hall–Kier alpha value is -2.70. The van der Waals surface area contributed by atoms with Gasteiger partial charge in [0, 0.05) is 53.3 Å². The second kappa shape index (κ2) is 7.90. The van der Waals surface area contributed by atoms with Gasteiger partial charge in [-0.3, -0.25) is 9.78 Å². The van der Waals surface area contributed by atoms with E-state index in [4.69, 9.17) is 0 Å². The fraction of sp³-hybridized carbons (Fsp3) is 0.238. The number of aromatic nitrogens is 1. The number of anilines is 2. The Balaban J connectivity index is 1.41. The number of thiophene rings is 1. The third kappa shape index (κ3) is 4.02. The van der Waals surface area contributed by atoms with Crippen molar-refractivity contribution in [3.63, 3.8) is 0 Å². The molecule has 6 heteroatoms. The molecule has 2 N–H and O–H groups in total. The standard InChI is InChI=1S/C21H22N4OS/c1-22-17-10-12-25(14-17)18-6-4-16(5-7-18)24-21(26)20-9-8-19(27-20)15-3-2-11-23-13-15/h2-9,11,13,17,22H,10,12,14H2,1H3,(H,24,26). The number of hydrogen-bond acceptors (Lipinski definition) is 5. The molecule has 3 aromatic rings. The monoisotopic (exact) mass is 378 g/mol. The molecule has 1 atom stereocenters. The Bertz CT molecular complexity index is 907. The molecule has 0 aliphatic carbocycles. The Morgan fingerprint density at radius 1 is 1.19 bits per heavy atom. The molecule has 1 unspecified atom stereocenters. The number of nitrogens with one attached hydrogen (secondary N) is 2. The van der Waals surface area contributed by atoms with E-state index in [0.717, 1.165) is 35.6 Å². The molecule has 138 valence electrons. The van der Waals surface area contributed by atoms with Crippen molar-refractivity contribution in [2.75, 3.05) is 30.4 Å². The lowest BCUT2D eigenvalue weighted by Crippen LogP contribution is -2.29. The van der Waals surface area contributed by atoms with E-state index in [1.807, 2.05) is 49.6 Å². The van der Waals surface area contributed by atoms with E-state index in [-0.39, 0.29) is 5.91 Å². The van der Waals surface area contributed by atoms with Crippen LogP contribution < -0.4 is 15.5 Å². The zero-order chi connectivity index (χ0) is 18.6. The molecule has 27 heavy (non-hydrogen) atoms. The van der Waals surface area contributed by atoms with Gasteiger partial charge < -0.3 is 15.5 Å². The van der Waals surface area contributed by atoms with Crippen molar-refractivity contribution in [1.82, 2.24) is 10.3 Å². The average Bonchev–Trinajstić information content (AvgIpc) is 3.39. The van der Waals surface area contributed by atoms with Crippen LogP contribution in [0.5, 0.6) is 0 Å². The lowest BCUT2D eigenvalue weighted by molar-refractivity contribution is 0.103. The second-order valence-electron chi connectivity index (χ2n) is 6.63. The first-order chi connectivity index (χ1) is 13.2. The van der Waals surface area contributed by atoms with Crippen molar-refractivity contribution in [2.45, 2.75) is 12.5 Å². The van der Waals surface area contributed by atoms with Crippen molar-refractivity contribution in [3.05, 3.63) is 65.8 Å². The molecule has 4 rings (SSSR count). The van der Waals surface area contributed by atoms with Crippen LogP contribution >= 0.6 is 11.3 Å². The fourth-order valence-electron chi connectivity index (χ4n) is 3.30. The van der Waals surface area contributed by atoms with Gasteiger partial charge in [-0.25, -0.2) is 0 Å². The number of carbonyl (C=O) groups excluding carboxylic acids is 1. The molecular formula is C21H22N4OS. The van der Waals surface area contributed by atoms with E-state index in [1.54, 1.807) is 6.20 Å². The Kier molecular flexibility index (Phi) is 5.18. The summed E-state index contributed by atoms with van der Waals surface area (Å²) in [7, 11) is 2.01. The second-order valence-corrected chi connectivity index (χ2v) is 7.71. The van der Waals surface area contributed by atoms with Gasteiger partial charge in [0.25, 0.3) is 5.91 Å². The highest BCUT2D eigenvalue weighted by Gasteiger charge is 2.21. The number of nitrogens with zero attached hydrogens (tertiary/aromatic N) is 2. The molecular weight excluding hydrogens is 356 g/mol. The first kappa shape index (κ1) is 17.7. The molecule has 1 fully saturated rings. The van der Waals surface area contributed by atoms with Crippen LogP contribution in [-0.4, -0.2) is 37.1 Å². The Morgan fingerprint density at radius 3 is 2.74 bits per heavy atom. The topological polar surface area (TPSA) is 57.3 Å². The fourth-order valence-corrected chi connectivity index (χ4v) is 4.19. The molecule has 3 heterocycles. The van der Waals surface area contributed by atoms with Crippen molar-refractivity contribution >= 4 is 28.6 Å². The highest BCUT2D eigenvalue weighted by Crippen LogP contribution is 2.28. The number of amides is 1. The van der Waals surface area contributed by atoms with Gasteiger partial charge in [-0.2, -0.15) is 0 Å². The molecule has 0 spiro atoms. The van der Waals surface area contributed by atoms with Crippen molar-refractivity contribution in [3.8, 4) is 10.4 Å². The van der Waals surface area contributed by atoms with Crippen LogP contribution in [0.15, 0.2) is 60.9 Å². The Morgan fingerprint density at radius 2 is 2.04 bits per heavy atom. The molecule has 1 amide bonds. The van der Waals surface area contributed by atoms with Gasteiger partial charge in [0.05, 0.1) is 4.88 Å². The third-order valence-electron chi connectivity index (χ3n) is 4.86. The SMILES string of the molecule is CNC1CCN(c2ccc(NC(=O)c3ccc(-c4cccnc4)s3)cc2)C1. The predicted molar refractivity (Wildman–Crippen MR) is 112 cm³/mol. The minimum absolute atomic E-state index is 0.0840. The number of likely N-dealkylation sites (N-methyl/N-ethyl adjacent to an activating group) is 1. The summed E-state index contributed by atoms with van der Waals surface area (Å²) in [5.41, 5.74) is 3.03. The normalized spacial score (nSPS) is 16.5. The molecule has 1 aromatic carbocycles. The summed E-state index contributed by atoms with van der Waals surface area (Å²) in [6, 6.07) is 16.4. The van der Waals surface area contributed by atoms with E-state index in [9.17, 15) is 4.79 Å². The molecule has 0 saturated carbocycles. The van der Waals surface area contributed by atoms with Gasteiger partial charge in [0.2, 0.25) is 0 Å². The van der Waals surface area contributed by atoms with E-state index in [2.05, 4.69) is 32.7 Å². The molecule has 0 radical (unpaired) electrons. The molecule has 0 bridgehead atoms. The molecule has 2 aromatic heterocycles. The zero-order valence-electron chi connectivity index (χ0n) is 15.2. The smallest absolute Gasteiger partial charge is 0.265 e. The average molecular weight is 379 g/mol. The van der Waals surface area contributed by atoms with E-state index in [1.165, 1.54) is 17.0 Å². The van der Waals surface area contributed by atoms with Crippen LogP contribution in [0.4, 0.5) is 11.4 Å². The van der Waals surface area contributed by atoms with Gasteiger partial charge >= 0.3 is 0 Å². The van der Waals surface area contributed by atoms with Gasteiger partial charge in [-0.15, -0.1) is 11.3 Å². The number of hydrogen-bond donors (Lipinski definition) is 2. The summed E-state index contributed by atoms with van der Waals surface area (Å²) in [5, 5.41) is 6.32. The van der Waals surface area contributed by atoms with E-state index in [0.29, 0.717) is 10.9 Å². The quantitative estimate of drug-likeness (QED) is 0.708. The Labute approximate surface area is 163 Å². The summed E-state index contributed by atoms with van der Waals surface area (Å²) in [4.78, 5) is 20.8. The predicted octanol–water partition coefficient (Wildman–Crippen LogP) is 3.86. The van der Waals surface area contributed by atoms with E-state index >= 15 is 0 Å². The third-order valence-corrected chi connectivity index (χ3v) is 6.00. The maximum atomic E-state index is 12.5. The summed E-state index contributed by atoms with van der Waals surface area (Å²) in [6.45, 7) is 2.08. The first-order valence-corrected chi connectivity index (χ1v) is 9.88. The summed E-state index contributed by atoms with van der Waals surface area (Å²) in [5.74, 6) is -0.0840. The molecule has 1 aliphatic heterocycles. The van der Waals surface area contributed by atoms with Crippen molar-refractivity contribution in [2.24, 2.45) is 0 Å². The number of carbonyl (C=O) groups is 1. The van der Waals surface area contributed by atoms with Crippen LogP contribution in [0.3, 0.4) is 0 Å². The molecule has 1 aliphatic rings.